The first-order valence-electron chi connectivity index (χ1n) is 18.5. The standard InChI is InChI=1S/C38H60N2O7/c1-22(2)31(46-32(39)41)26-11-9-24-27(44-26)19-25-23-10-12-28-35(6,7)29(13-14-38(28)21-37(23,38)16-15-36(24,25)8)45-30-20-40(17-18-43-30)33(42)47-34(3,4)5/h23-31H,1,9-21H2,2-8H3,(H2,39,41)/t23?,24?,25?,26?,27?,28?,29-,30?,31+,36+,37?,38+/m0/s1. The molecule has 0 radical (unpaired) electrons. The Balaban J connectivity index is 1.03. The Labute approximate surface area is 282 Å². The van der Waals surface area contributed by atoms with Crippen LogP contribution in [0.4, 0.5) is 9.59 Å². The quantitative estimate of drug-likeness (QED) is 0.312. The summed E-state index contributed by atoms with van der Waals surface area (Å²) in [5.74, 6) is 2.62. The molecule has 0 bridgehead atoms. The number of hydrogen-bond donors (Lipinski definition) is 1. The molecular weight excluding hydrogens is 596 g/mol. The number of carbonyl (C=O) groups is 2. The average Bonchev–Trinajstić information content (AvgIpc) is 3.56. The van der Waals surface area contributed by atoms with Crippen LogP contribution >= 0.6 is 0 Å². The van der Waals surface area contributed by atoms with Gasteiger partial charge in [-0.2, -0.15) is 0 Å². The van der Waals surface area contributed by atoms with Crippen LogP contribution in [0.2, 0.25) is 0 Å². The first-order chi connectivity index (χ1) is 22.0. The van der Waals surface area contributed by atoms with Crippen molar-refractivity contribution in [1.29, 1.82) is 0 Å². The van der Waals surface area contributed by atoms with Crippen molar-refractivity contribution in [2.45, 2.75) is 149 Å². The molecule has 7 aliphatic rings. The number of amides is 2. The fraction of sp³-hybridized carbons (Fsp3) is 0.895. The van der Waals surface area contributed by atoms with Crippen molar-refractivity contribution in [3.05, 3.63) is 12.2 Å². The lowest BCUT2D eigenvalue weighted by atomic mass is 9.46. The van der Waals surface area contributed by atoms with Gasteiger partial charge in [0.15, 0.2) is 12.4 Å². The van der Waals surface area contributed by atoms with Gasteiger partial charge in [-0.1, -0.05) is 27.4 Å². The molecule has 2 spiro atoms. The normalized spacial score (nSPS) is 45.6. The van der Waals surface area contributed by atoms with Gasteiger partial charge in [0, 0.05) is 6.54 Å². The lowest BCUT2D eigenvalue weighted by molar-refractivity contribution is -0.243. The molecule has 5 saturated carbocycles. The second-order valence-corrected chi connectivity index (χ2v) is 18.4. The Bertz CT molecular complexity index is 1280. The Morgan fingerprint density at radius 1 is 0.979 bits per heavy atom. The predicted octanol–water partition coefficient (Wildman–Crippen LogP) is 7.21. The molecule has 0 aromatic rings. The topological polar surface area (TPSA) is 110 Å². The molecule has 2 heterocycles. The van der Waals surface area contributed by atoms with E-state index in [1.54, 1.807) is 4.90 Å². The van der Waals surface area contributed by atoms with Gasteiger partial charge in [0.25, 0.3) is 0 Å². The maximum absolute atomic E-state index is 12.8. The molecule has 5 aliphatic carbocycles. The smallest absolute Gasteiger partial charge is 0.410 e. The van der Waals surface area contributed by atoms with E-state index in [-0.39, 0.29) is 29.8 Å². The zero-order valence-corrected chi connectivity index (χ0v) is 30.0. The van der Waals surface area contributed by atoms with Crippen LogP contribution in [-0.4, -0.2) is 73.1 Å². The zero-order chi connectivity index (χ0) is 33.7. The summed E-state index contributed by atoms with van der Waals surface area (Å²) in [5, 5.41) is 0. The molecule has 2 amide bonds. The highest BCUT2D eigenvalue weighted by atomic mass is 16.7. The summed E-state index contributed by atoms with van der Waals surface area (Å²) in [6.07, 6.45) is 10.1. The lowest BCUT2D eigenvalue weighted by Gasteiger charge is -2.60. The van der Waals surface area contributed by atoms with E-state index in [4.69, 9.17) is 29.4 Å². The van der Waals surface area contributed by atoms with E-state index in [9.17, 15) is 9.59 Å². The van der Waals surface area contributed by atoms with Crippen LogP contribution in [0.1, 0.15) is 113 Å². The minimum atomic E-state index is -0.759. The Morgan fingerprint density at radius 2 is 1.72 bits per heavy atom. The van der Waals surface area contributed by atoms with E-state index >= 15 is 0 Å². The molecule has 12 atom stereocenters. The summed E-state index contributed by atoms with van der Waals surface area (Å²) in [6.45, 7) is 20.6. The van der Waals surface area contributed by atoms with Gasteiger partial charge in [0.2, 0.25) is 0 Å². The van der Waals surface area contributed by atoms with Crippen molar-refractivity contribution in [3.8, 4) is 0 Å². The van der Waals surface area contributed by atoms with E-state index in [1.165, 1.54) is 38.5 Å². The number of carbonyl (C=O) groups excluding carboxylic acids is 2. The third-order valence-corrected chi connectivity index (χ3v) is 14.6. The van der Waals surface area contributed by atoms with Crippen molar-refractivity contribution in [2.75, 3.05) is 19.7 Å². The number of morpholine rings is 1. The first kappa shape index (κ1) is 33.6. The predicted molar refractivity (Wildman–Crippen MR) is 177 cm³/mol. The molecule has 7 rings (SSSR count). The number of rotatable bonds is 5. The molecule has 0 aromatic carbocycles. The number of ether oxygens (including phenoxy) is 5. The number of primary amides is 1. The van der Waals surface area contributed by atoms with Crippen LogP contribution in [0, 0.1) is 45.3 Å². The number of nitrogens with two attached hydrogens (primary N) is 1. The largest absolute Gasteiger partial charge is 0.444 e. The van der Waals surface area contributed by atoms with Crippen LogP contribution in [0.25, 0.3) is 0 Å². The van der Waals surface area contributed by atoms with Crippen LogP contribution in [-0.2, 0) is 23.7 Å². The summed E-state index contributed by atoms with van der Waals surface area (Å²) >= 11 is 0. The number of nitrogens with zero attached hydrogens (tertiary/aromatic N) is 1. The first-order valence-corrected chi connectivity index (χ1v) is 18.5. The molecule has 9 nitrogen and oxygen atoms in total. The van der Waals surface area contributed by atoms with Gasteiger partial charge >= 0.3 is 12.2 Å². The summed E-state index contributed by atoms with van der Waals surface area (Å²) in [4.78, 5) is 26.2. The van der Waals surface area contributed by atoms with E-state index in [0.29, 0.717) is 53.7 Å². The Hall–Kier alpha value is -1.84. The second kappa shape index (κ2) is 11.3. The third kappa shape index (κ3) is 5.35. The molecule has 2 aliphatic heterocycles. The van der Waals surface area contributed by atoms with Gasteiger partial charge in [-0.25, -0.2) is 9.59 Å². The van der Waals surface area contributed by atoms with Crippen molar-refractivity contribution in [1.82, 2.24) is 4.90 Å². The summed E-state index contributed by atoms with van der Waals surface area (Å²) in [7, 11) is 0. The molecular formula is C38H60N2O7. The van der Waals surface area contributed by atoms with Gasteiger partial charge < -0.3 is 34.3 Å². The van der Waals surface area contributed by atoms with E-state index in [1.807, 2.05) is 27.7 Å². The maximum atomic E-state index is 12.8. The molecule has 8 unspecified atom stereocenters. The Kier molecular flexibility index (Phi) is 8.12. The molecule has 9 heteroatoms. The van der Waals surface area contributed by atoms with Crippen molar-refractivity contribution in [2.24, 2.45) is 51.1 Å². The van der Waals surface area contributed by atoms with Crippen molar-refractivity contribution < 1.29 is 33.3 Å². The van der Waals surface area contributed by atoms with Crippen LogP contribution in [0.3, 0.4) is 0 Å². The maximum Gasteiger partial charge on any atom is 0.410 e. The highest BCUT2D eigenvalue weighted by Crippen LogP contribution is 2.87. The molecule has 2 saturated heterocycles. The van der Waals surface area contributed by atoms with Crippen LogP contribution in [0.15, 0.2) is 12.2 Å². The third-order valence-electron chi connectivity index (χ3n) is 14.6. The highest BCUT2D eigenvalue weighted by Gasteiger charge is 2.80. The Morgan fingerprint density at radius 3 is 2.43 bits per heavy atom. The summed E-state index contributed by atoms with van der Waals surface area (Å²) in [5.41, 5.74) is 6.88. The van der Waals surface area contributed by atoms with E-state index < -0.39 is 24.1 Å². The minimum Gasteiger partial charge on any atom is -0.444 e. The van der Waals surface area contributed by atoms with Crippen molar-refractivity contribution >= 4 is 12.2 Å². The van der Waals surface area contributed by atoms with E-state index in [2.05, 4.69) is 27.4 Å². The fourth-order valence-corrected chi connectivity index (χ4v) is 12.7. The monoisotopic (exact) mass is 656 g/mol. The molecule has 0 aromatic heterocycles. The minimum absolute atomic E-state index is 0.0308. The highest BCUT2D eigenvalue weighted by molar-refractivity contribution is 5.68. The van der Waals surface area contributed by atoms with Gasteiger partial charge in [-0.15, -0.1) is 0 Å². The number of hydrogen-bond acceptors (Lipinski definition) is 7. The summed E-state index contributed by atoms with van der Waals surface area (Å²) < 4.78 is 30.8. The average molecular weight is 657 g/mol. The lowest BCUT2D eigenvalue weighted by Crippen LogP contribution is -2.56. The fourth-order valence-electron chi connectivity index (χ4n) is 12.7. The summed E-state index contributed by atoms with van der Waals surface area (Å²) in [6, 6.07) is 0. The molecule has 2 N–H and O–H groups in total. The molecule has 264 valence electrons. The van der Waals surface area contributed by atoms with E-state index in [0.717, 1.165) is 37.2 Å². The number of fused-ring (bicyclic) bond motifs is 4. The molecule has 47 heavy (non-hydrogen) atoms. The zero-order valence-electron chi connectivity index (χ0n) is 30.0. The second-order valence-electron chi connectivity index (χ2n) is 18.4. The van der Waals surface area contributed by atoms with Crippen LogP contribution < -0.4 is 5.73 Å². The van der Waals surface area contributed by atoms with Gasteiger partial charge in [0.1, 0.15) is 5.60 Å². The SMILES string of the molecule is C=C(C)[C@@H](OC(N)=O)C1CCC2C(CC3C4CCC5C(C)(C)[C@@H](OC6CN(C(=O)OC(C)(C)C)CCO6)CC[C@@]56CC46CC[C@]23C)O1. The van der Waals surface area contributed by atoms with Crippen LogP contribution in [0.5, 0.6) is 0 Å². The van der Waals surface area contributed by atoms with Gasteiger partial charge in [-0.3, -0.25) is 0 Å². The van der Waals surface area contributed by atoms with Gasteiger partial charge in [0.05, 0.1) is 31.5 Å². The van der Waals surface area contributed by atoms with Gasteiger partial charge in [-0.05, 0) is 143 Å². The molecule has 7 fully saturated rings. The van der Waals surface area contributed by atoms with Crippen molar-refractivity contribution in [3.63, 3.8) is 0 Å².